The third kappa shape index (κ3) is 3.06. The molecule has 94 valence electrons. The van der Waals surface area contributed by atoms with Crippen LogP contribution in [0.2, 0.25) is 0 Å². The zero-order valence-corrected chi connectivity index (χ0v) is 11.4. The van der Waals surface area contributed by atoms with Crippen molar-refractivity contribution in [1.29, 1.82) is 0 Å². The van der Waals surface area contributed by atoms with Gasteiger partial charge in [0.1, 0.15) is 11.6 Å². The Kier molecular flexibility index (Phi) is 3.60. The quantitative estimate of drug-likeness (QED) is 0.892. The summed E-state index contributed by atoms with van der Waals surface area (Å²) in [7, 11) is 0. The first-order valence-electron chi connectivity index (χ1n) is 6.20. The maximum atomic E-state index is 4.39. The van der Waals surface area contributed by atoms with E-state index in [2.05, 4.69) is 53.4 Å². The molecule has 1 aromatic carbocycles. The van der Waals surface area contributed by atoms with Gasteiger partial charge in [0.05, 0.1) is 0 Å². The molecule has 2 aromatic rings. The van der Waals surface area contributed by atoms with Gasteiger partial charge in [-0.15, -0.1) is 0 Å². The molecule has 0 fully saturated rings. The number of nitrogens with zero attached hydrogens (tertiary/aromatic N) is 2. The average molecular weight is 241 g/mol. The van der Waals surface area contributed by atoms with Crippen molar-refractivity contribution in [3.63, 3.8) is 0 Å². The highest BCUT2D eigenvalue weighted by molar-refractivity contribution is 5.39. The predicted octanol–water partition coefficient (Wildman–Crippen LogP) is 3.57. The van der Waals surface area contributed by atoms with E-state index in [9.17, 15) is 0 Å². The van der Waals surface area contributed by atoms with Gasteiger partial charge in [0.15, 0.2) is 0 Å². The van der Waals surface area contributed by atoms with E-state index in [0.29, 0.717) is 0 Å². The van der Waals surface area contributed by atoms with Gasteiger partial charge < -0.3 is 5.32 Å². The van der Waals surface area contributed by atoms with E-state index < -0.39 is 0 Å². The number of aromatic nitrogens is 2. The Balaban J connectivity index is 2.15. The summed E-state index contributed by atoms with van der Waals surface area (Å²) >= 11 is 0. The van der Waals surface area contributed by atoms with Gasteiger partial charge in [-0.05, 0) is 33.3 Å². The molecule has 0 radical (unpaired) electrons. The molecule has 1 heterocycles. The minimum atomic E-state index is 0.235. The number of hydrogen-bond donors (Lipinski definition) is 1. The van der Waals surface area contributed by atoms with E-state index in [0.717, 1.165) is 17.3 Å². The fraction of sp³-hybridized carbons (Fsp3) is 0.333. The molecule has 0 aliphatic heterocycles. The van der Waals surface area contributed by atoms with Gasteiger partial charge in [0.2, 0.25) is 0 Å². The van der Waals surface area contributed by atoms with Crippen LogP contribution in [0.1, 0.15) is 35.6 Å². The van der Waals surface area contributed by atoms with Gasteiger partial charge in [-0.3, -0.25) is 0 Å². The topological polar surface area (TPSA) is 37.8 Å². The number of anilines is 1. The Hall–Kier alpha value is -1.90. The number of hydrogen-bond acceptors (Lipinski definition) is 3. The monoisotopic (exact) mass is 241 g/mol. The Labute approximate surface area is 108 Å². The highest BCUT2D eigenvalue weighted by Crippen LogP contribution is 2.18. The van der Waals surface area contributed by atoms with E-state index in [-0.39, 0.29) is 6.04 Å². The van der Waals surface area contributed by atoms with Crippen molar-refractivity contribution in [1.82, 2.24) is 9.97 Å². The zero-order chi connectivity index (χ0) is 13.1. The van der Waals surface area contributed by atoms with Crippen LogP contribution in [0.15, 0.2) is 30.3 Å². The number of aryl methyl sites for hydroxylation is 3. The normalized spacial score (nSPS) is 12.2. The van der Waals surface area contributed by atoms with Crippen LogP contribution in [0, 0.1) is 20.8 Å². The Morgan fingerprint density at radius 3 is 2.28 bits per heavy atom. The van der Waals surface area contributed by atoms with Crippen LogP contribution in [0.4, 0.5) is 5.82 Å². The summed E-state index contributed by atoms with van der Waals surface area (Å²) in [6.07, 6.45) is 0. The molecule has 1 unspecified atom stereocenters. The van der Waals surface area contributed by atoms with Gasteiger partial charge in [0.25, 0.3) is 0 Å². The molecular formula is C15H19N3. The van der Waals surface area contributed by atoms with Gasteiger partial charge in [0, 0.05) is 17.8 Å². The molecule has 1 aromatic heterocycles. The Morgan fingerprint density at radius 2 is 1.67 bits per heavy atom. The summed E-state index contributed by atoms with van der Waals surface area (Å²) in [6, 6.07) is 10.8. The molecule has 1 atom stereocenters. The lowest BCUT2D eigenvalue weighted by Crippen LogP contribution is -2.09. The fourth-order valence-electron chi connectivity index (χ4n) is 1.95. The van der Waals surface area contributed by atoms with E-state index >= 15 is 0 Å². The third-order valence-electron chi connectivity index (χ3n) is 2.91. The molecule has 18 heavy (non-hydrogen) atoms. The van der Waals surface area contributed by atoms with E-state index in [4.69, 9.17) is 0 Å². The molecular weight excluding hydrogens is 222 g/mol. The predicted molar refractivity (Wildman–Crippen MR) is 74.7 cm³/mol. The van der Waals surface area contributed by atoms with Crippen molar-refractivity contribution in [2.24, 2.45) is 0 Å². The molecule has 0 spiro atoms. The third-order valence-corrected chi connectivity index (χ3v) is 2.91. The average Bonchev–Trinajstić information content (AvgIpc) is 2.28. The number of rotatable bonds is 3. The lowest BCUT2D eigenvalue weighted by molar-refractivity contribution is 0.863. The minimum Gasteiger partial charge on any atom is -0.363 e. The molecule has 0 saturated heterocycles. The van der Waals surface area contributed by atoms with Crippen molar-refractivity contribution in [3.8, 4) is 0 Å². The zero-order valence-electron chi connectivity index (χ0n) is 11.4. The van der Waals surface area contributed by atoms with Crippen LogP contribution in [-0.4, -0.2) is 9.97 Å². The van der Waals surface area contributed by atoms with Crippen molar-refractivity contribution in [2.75, 3.05) is 5.32 Å². The standard InChI is InChI=1S/C15H19N3/c1-10-5-7-14(8-6-10)12(3)17-15-9-11(2)16-13(4)18-15/h5-9,12H,1-4H3,(H,16,17,18). The van der Waals surface area contributed by atoms with Crippen molar-refractivity contribution in [2.45, 2.75) is 33.7 Å². The first-order chi connectivity index (χ1) is 8.54. The van der Waals surface area contributed by atoms with Crippen molar-refractivity contribution in [3.05, 3.63) is 53.0 Å². The lowest BCUT2D eigenvalue weighted by Gasteiger charge is -2.15. The second kappa shape index (κ2) is 5.17. The van der Waals surface area contributed by atoms with Crippen molar-refractivity contribution < 1.29 is 0 Å². The summed E-state index contributed by atoms with van der Waals surface area (Å²) in [5.41, 5.74) is 3.52. The number of benzene rings is 1. The maximum absolute atomic E-state index is 4.39. The maximum Gasteiger partial charge on any atom is 0.130 e. The molecule has 0 saturated carbocycles. The second-order valence-electron chi connectivity index (χ2n) is 4.72. The Bertz CT molecular complexity index is 512. The second-order valence-corrected chi connectivity index (χ2v) is 4.72. The smallest absolute Gasteiger partial charge is 0.130 e. The van der Waals surface area contributed by atoms with Gasteiger partial charge in [-0.1, -0.05) is 29.8 Å². The highest BCUT2D eigenvalue weighted by Gasteiger charge is 2.06. The molecule has 0 aliphatic rings. The first kappa shape index (κ1) is 12.6. The molecule has 0 aliphatic carbocycles. The van der Waals surface area contributed by atoms with Crippen molar-refractivity contribution >= 4 is 5.82 Å². The van der Waals surface area contributed by atoms with Crippen LogP contribution in [0.5, 0.6) is 0 Å². The van der Waals surface area contributed by atoms with Crippen LogP contribution >= 0.6 is 0 Å². The summed E-state index contributed by atoms with van der Waals surface area (Å²) in [4.78, 5) is 8.67. The summed E-state index contributed by atoms with van der Waals surface area (Å²) < 4.78 is 0. The van der Waals surface area contributed by atoms with Crippen LogP contribution in [-0.2, 0) is 0 Å². The highest BCUT2D eigenvalue weighted by atomic mass is 15.0. The molecule has 0 bridgehead atoms. The fourth-order valence-corrected chi connectivity index (χ4v) is 1.95. The lowest BCUT2D eigenvalue weighted by atomic mass is 10.1. The van der Waals surface area contributed by atoms with Gasteiger partial charge in [-0.25, -0.2) is 9.97 Å². The largest absolute Gasteiger partial charge is 0.363 e. The van der Waals surface area contributed by atoms with E-state index in [1.54, 1.807) is 0 Å². The van der Waals surface area contributed by atoms with Crippen LogP contribution < -0.4 is 5.32 Å². The molecule has 0 amide bonds. The number of nitrogens with one attached hydrogen (secondary N) is 1. The summed E-state index contributed by atoms with van der Waals surface area (Å²) in [5.74, 6) is 1.68. The minimum absolute atomic E-state index is 0.235. The van der Waals surface area contributed by atoms with Gasteiger partial charge in [-0.2, -0.15) is 0 Å². The molecule has 3 nitrogen and oxygen atoms in total. The molecule has 1 N–H and O–H groups in total. The van der Waals surface area contributed by atoms with Crippen LogP contribution in [0.25, 0.3) is 0 Å². The Morgan fingerprint density at radius 1 is 1.00 bits per heavy atom. The summed E-state index contributed by atoms with van der Waals surface area (Å²) in [5, 5.41) is 3.41. The van der Waals surface area contributed by atoms with E-state index in [1.807, 2.05) is 19.9 Å². The van der Waals surface area contributed by atoms with Crippen LogP contribution in [0.3, 0.4) is 0 Å². The molecule has 2 rings (SSSR count). The van der Waals surface area contributed by atoms with E-state index in [1.165, 1.54) is 11.1 Å². The molecule has 3 heteroatoms. The first-order valence-corrected chi connectivity index (χ1v) is 6.20. The van der Waals surface area contributed by atoms with Gasteiger partial charge >= 0.3 is 0 Å². The summed E-state index contributed by atoms with van der Waals surface area (Å²) in [6.45, 7) is 8.13. The SMILES string of the molecule is Cc1ccc(C(C)Nc2cc(C)nc(C)n2)cc1.